The minimum atomic E-state index is 0. The molecule has 0 bridgehead atoms. The number of halogens is 2. The molecule has 1 aromatic heterocycles. The molecule has 0 saturated carbocycles. The third-order valence-electron chi connectivity index (χ3n) is 3.86. The van der Waals surface area contributed by atoms with Gasteiger partial charge in [0.15, 0.2) is 11.5 Å². The third-order valence-corrected chi connectivity index (χ3v) is 5.06. The monoisotopic (exact) mass is 455 g/mol. The highest BCUT2D eigenvalue weighted by Gasteiger charge is 2.12. The number of hydrogen-bond donors (Lipinski definition) is 1. The first-order valence-corrected chi connectivity index (χ1v) is 10.3. The average Bonchev–Trinajstić information content (AvgIpc) is 3.18. The minimum absolute atomic E-state index is 0. The summed E-state index contributed by atoms with van der Waals surface area (Å²) < 4.78 is 12.7. The summed E-state index contributed by atoms with van der Waals surface area (Å²) in [6.45, 7) is 3.91. The number of ether oxygens (including phenoxy) is 2. The van der Waals surface area contributed by atoms with Gasteiger partial charge in [-0.05, 0) is 47.2 Å². The normalized spacial score (nSPS) is 10.4. The zero-order valence-corrected chi connectivity index (χ0v) is 18.6. The van der Waals surface area contributed by atoms with Crippen LogP contribution in [0.4, 0.5) is 0 Å². The maximum Gasteiger partial charge on any atom is 0.214 e. The molecule has 0 unspecified atom stereocenters. The Morgan fingerprint density at radius 3 is 2.72 bits per heavy atom. The summed E-state index contributed by atoms with van der Waals surface area (Å²) in [6, 6.07) is 13.7. The molecule has 3 rings (SSSR count). The molecule has 0 amide bonds. The summed E-state index contributed by atoms with van der Waals surface area (Å²) in [6.07, 6.45) is 0. The molecule has 0 radical (unpaired) electrons. The quantitative estimate of drug-likeness (QED) is 0.365. The van der Waals surface area contributed by atoms with Crippen LogP contribution < -0.4 is 14.8 Å². The molecule has 3 aromatic rings. The van der Waals surface area contributed by atoms with E-state index in [1.54, 1.807) is 23.6 Å². The Morgan fingerprint density at radius 2 is 2.00 bits per heavy atom. The lowest BCUT2D eigenvalue weighted by Crippen LogP contribution is -2.17. The number of benzene rings is 2. The maximum atomic E-state index is 6.31. The average molecular weight is 456 g/mol. The van der Waals surface area contributed by atoms with E-state index in [1.807, 2.05) is 49.4 Å². The molecule has 29 heavy (non-hydrogen) atoms. The Labute approximate surface area is 185 Å². The smallest absolute Gasteiger partial charge is 0.214 e. The van der Waals surface area contributed by atoms with Crippen molar-refractivity contribution in [2.75, 3.05) is 26.0 Å². The van der Waals surface area contributed by atoms with E-state index in [0.717, 1.165) is 28.7 Å². The number of nitrogens with one attached hydrogen (secondary N) is 1. The summed E-state index contributed by atoms with van der Waals surface area (Å²) >= 11 is 7.91. The summed E-state index contributed by atoms with van der Waals surface area (Å²) in [5, 5.41) is 16.6. The van der Waals surface area contributed by atoms with Crippen LogP contribution in [0.15, 0.2) is 47.6 Å². The van der Waals surface area contributed by atoms with E-state index < -0.39 is 0 Å². The Hall–Kier alpha value is -2.00. The molecule has 0 atom stereocenters. The fraction of sp³-hybridized carbons (Fsp3) is 0.316. The molecule has 2 aromatic carbocycles. The molecule has 1 N–H and O–H groups in total. The van der Waals surface area contributed by atoms with Gasteiger partial charge in [-0.1, -0.05) is 41.6 Å². The molecule has 156 valence electrons. The van der Waals surface area contributed by atoms with E-state index in [9.17, 15) is 0 Å². The topological polar surface area (TPSA) is 74.1 Å². The van der Waals surface area contributed by atoms with Crippen molar-refractivity contribution in [3.63, 3.8) is 0 Å². The number of aromatic nitrogens is 4. The molecule has 0 fully saturated rings. The van der Waals surface area contributed by atoms with Crippen LogP contribution in [-0.4, -0.2) is 46.2 Å². The lowest BCUT2D eigenvalue weighted by atomic mass is 10.2. The second-order valence-corrected chi connectivity index (χ2v) is 7.25. The van der Waals surface area contributed by atoms with Crippen LogP contribution in [-0.2, 0) is 6.54 Å². The van der Waals surface area contributed by atoms with Gasteiger partial charge in [-0.3, -0.25) is 0 Å². The predicted molar refractivity (Wildman–Crippen MR) is 118 cm³/mol. The van der Waals surface area contributed by atoms with Gasteiger partial charge in [-0.15, -0.1) is 17.5 Å². The van der Waals surface area contributed by atoms with E-state index in [-0.39, 0.29) is 12.4 Å². The fourth-order valence-corrected chi connectivity index (χ4v) is 3.68. The molecule has 7 nitrogen and oxygen atoms in total. The molecular formula is C19H23Cl2N5O2S. The Balaban J connectivity index is 0.00000300. The van der Waals surface area contributed by atoms with E-state index in [4.69, 9.17) is 21.1 Å². The summed E-state index contributed by atoms with van der Waals surface area (Å²) in [5.41, 5.74) is 1.98. The number of tetrazole rings is 1. The summed E-state index contributed by atoms with van der Waals surface area (Å²) in [5.74, 6) is 2.05. The number of nitrogens with zero attached hydrogens (tertiary/aromatic N) is 4. The van der Waals surface area contributed by atoms with Crippen molar-refractivity contribution >= 4 is 35.8 Å². The van der Waals surface area contributed by atoms with Crippen molar-refractivity contribution < 1.29 is 9.47 Å². The van der Waals surface area contributed by atoms with Crippen LogP contribution in [0, 0.1) is 0 Å². The number of hydrogen-bond acceptors (Lipinski definition) is 7. The van der Waals surface area contributed by atoms with Crippen LogP contribution in [0.3, 0.4) is 0 Å². The van der Waals surface area contributed by atoms with Crippen molar-refractivity contribution in [3.8, 4) is 17.2 Å². The molecule has 0 saturated heterocycles. The summed E-state index contributed by atoms with van der Waals surface area (Å²) in [7, 11) is 1.61. The van der Waals surface area contributed by atoms with Crippen molar-refractivity contribution in [1.29, 1.82) is 0 Å². The fourth-order valence-electron chi connectivity index (χ4n) is 2.61. The van der Waals surface area contributed by atoms with Crippen molar-refractivity contribution in [2.45, 2.75) is 18.6 Å². The highest BCUT2D eigenvalue weighted by molar-refractivity contribution is 7.99. The van der Waals surface area contributed by atoms with E-state index in [2.05, 4.69) is 20.8 Å². The standard InChI is InChI=1S/C19H22ClN5O2S.ClH/c1-3-27-18-16(20)11-14(12-17(18)26-2)13-21-9-10-28-19-22-23-24-25(19)15-7-5-4-6-8-15;/h4-8,11-12,21H,3,9-10,13H2,1-2H3;1H. The van der Waals surface area contributed by atoms with Gasteiger partial charge in [0, 0.05) is 18.8 Å². The molecular weight excluding hydrogens is 433 g/mol. The number of rotatable bonds is 10. The SMILES string of the molecule is CCOc1c(Cl)cc(CNCCSc2nnnn2-c2ccccc2)cc1OC.Cl. The van der Waals surface area contributed by atoms with E-state index in [0.29, 0.717) is 29.7 Å². The second kappa shape index (κ2) is 11.9. The molecule has 0 spiro atoms. The van der Waals surface area contributed by atoms with Crippen LogP contribution in [0.25, 0.3) is 5.69 Å². The van der Waals surface area contributed by atoms with Gasteiger partial charge in [0.2, 0.25) is 5.16 Å². The van der Waals surface area contributed by atoms with E-state index in [1.165, 1.54) is 0 Å². The molecule has 0 aliphatic carbocycles. The zero-order valence-electron chi connectivity index (χ0n) is 16.2. The van der Waals surface area contributed by atoms with Crippen molar-refractivity contribution in [3.05, 3.63) is 53.1 Å². The highest BCUT2D eigenvalue weighted by atomic mass is 35.5. The van der Waals surface area contributed by atoms with Gasteiger partial charge >= 0.3 is 0 Å². The van der Waals surface area contributed by atoms with Crippen molar-refractivity contribution in [1.82, 2.24) is 25.5 Å². The predicted octanol–water partition coefficient (Wildman–Crippen LogP) is 4.03. The Morgan fingerprint density at radius 1 is 1.21 bits per heavy atom. The first-order chi connectivity index (χ1) is 13.7. The van der Waals surface area contributed by atoms with Gasteiger partial charge in [0.1, 0.15) is 0 Å². The van der Waals surface area contributed by atoms with Crippen LogP contribution >= 0.6 is 35.8 Å². The van der Waals surface area contributed by atoms with Crippen molar-refractivity contribution in [2.24, 2.45) is 0 Å². The lowest BCUT2D eigenvalue weighted by molar-refractivity contribution is 0.311. The molecule has 0 aliphatic rings. The maximum absolute atomic E-state index is 6.31. The van der Waals surface area contributed by atoms with Gasteiger partial charge in [-0.25, -0.2) is 0 Å². The third kappa shape index (κ3) is 6.24. The Kier molecular flexibility index (Phi) is 9.53. The first kappa shape index (κ1) is 23.3. The number of methoxy groups -OCH3 is 1. The van der Waals surface area contributed by atoms with Crippen LogP contribution in [0.2, 0.25) is 5.02 Å². The van der Waals surface area contributed by atoms with Gasteiger partial charge in [-0.2, -0.15) is 4.68 Å². The highest BCUT2D eigenvalue weighted by Crippen LogP contribution is 2.36. The minimum Gasteiger partial charge on any atom is -0.493 e. The zero-order chi connectivity index (χ0) is 19.8. The summed E-state index contributed by atoms with van der Waals surface area (Å²) in [4.78, 5) is 0. The first-order valence-electron chi connectivity index (χ1n) is 8.89. The molecule has 1 heterocycles. The van der Waals surface area contributed by atoms with Crippen LogP contribution in [0.5, 0.6) is 11.5 Å². The molecule has 0 aliphatic heterocycles. The number of para-hydroxylation sites is 1. The molecule has 10 heteroatoms. The second-order valence-electron chi connectivity index (χ2n) is 5.78. The lowest BCUT2D eigenvalue weighted by Gasteiger charge is -2.13. The van der Waals surface area contributed by atoms with Crippen LogP contribution in [0.1, 0.15) is 12.5 Å². The van der Waals surface area contributed by atoms with E-state index >= 15 is 0 Å². The largest absolute Gasteiger partial charge is 0.493 e. The van der Waals surface area contributed by atoms with Gasteiger partial charge in [0.05, 0.1) is 24.4 Å². The number of thioether (sulfide) groups is 1. The van der Waals surface area contributed by atoms with Gasteiger partial charge in [0.25, 0.3) is 0 Å². The van der Waals surface area contributed by atoms with Gasteiger partial charge < -0.3 is 14.8 Å². The Bertz CT molecular complexity index is 896.